The highest BCUT2D eigenvalue weighted by atomic mass is 15.1. The molecule has 0 amide bonds. The number of hydrogen-bond donors (Lipinski definition) is 2. The van der Waals surface area contributed by atoms with Gasteiger partial charge in [0.25, 0.3) is 0 Å². The lowest BCUT2D eigenvalue weighted by Crippen LogP contribution is -2.37. The Kier molecular flexibility index (Phi) is 5.79. The topological polar surface area (TPSA) is 53.1 Å². The smallest absolute Gasteiger partial charge is 0.134 e. The van der Waals surface area contributed by atoms with E-state index >= 15 is 0 Å². The maximum Gasteiger partial charge on any atom is 0.134 e. The van der Waals surface area contributed by atoms with E-state index in [-0.39, 0.29) is 0 Å². The highest BCUT2D eigenvalue weighted by Crippen LogP contribution is 2.23. The molecule has 1 aliphatic heterocycles. The summed E-state index contributed by atoms with van der Waals surface area (Å²) in [4.78, 5) is 11.7. The van der Waals surface area contributed by atoms with Gasteiger partial charge in [-0.05, 0) is 46.3 Å². The number of likely N-dealkylation sites (tertiary alicyclic amines) is 1. The van der Waals surface area contributed by atoms with Crippen molar-refractivity contribution in [3.05, 3.63) is 11.4 Å². The Labute approximate surface area is 128 Å². The van der Waals surface area contributed by atoms with Crippen molar-refractivity contribution < 1.29 is 0 Å². The van der Waals surface area contributed by atoms with Gasteiger partial charge in [0.05, 0.1) is 0 Å². The van der Waals surface area contributed by atoms with E-state index in [0.29, 0.717) is 6.04 Å². The molecular weight excluding hydrogens is 262 g/mol. The maximum atomic E-state index is 4.70. The number of nitrogens with zero attached hydrogens (tertiary/aromatic N) is 3. The number of anilines is 2. The van der Waals surface area contributed by atoms with Crippen molar-refractivity contribution in [3.63, 3.8) is 0 Å². The van der Waals surface area contributed by atoms with E-state index in [1.165, 1.54) is 12.8 Å². The van der Waals surface area contributed by atoms with E-state index in [9.17, 15) is 0 Å². The molecule has 118 valence electrons. The van der Waals surface area contributed by atoms with Crippen LogP contribution >= 0.6 is 0 Å². The van der Waals surface area contributed by atoms with Crippen LogP contribution in [0.5, 0.6) is 0 Å². The summed E-state index contributed by atoms with van der Waals surface area (Å²) in [5.41, 5.74) is 1.14. The summed E-state index contributed by atoms with van der Waals surface area (Å²) < 4.78 is 0. The Morgan fingerprint density at radius 3 is 2.43 bits per heavy atom. The lowest BCUT2D eigenvalue weighted by atomic mass is 10.1. The van der Waals surface area contributed by atoms with Crippen LogP contribution in [0.15, 0.2) is 0 Å². The van der Waals surface area contributed by atoms with E-state index in [1.54, 1.807) is 0 Å². The maximum absolute atomic E-state index is 4.70. The fourth-order valence-electron chi connectivity index (χ4n) is 2.62. The molecule has 0 bridgehead atoms. The standard InChI is InChI=1S/C16H29N5/c1-5-9-17-15-12(3)16(20-14(6-2)19-15)18-13-7-10-21(4)11-8-13/h13H,5-11H2,1-4H3,(H2,17,18,19,20). The zero-order valence-electron chi connectivity index (χ0n) is 13.9. The van der Waals surface area contributed by atoms with Crippen LogP contribution in [0.2, 0.25) is 0 Å². The third kappa shape index (κ3) is 4.30. The first kappa shape index (κ1) is 16.0. The van der Waals surface area contributed by atoms with Gasteiger partial charge in [-0.15, -0.1) is 0 Å². The van der Waals surface area contributed by atoms with Crippen molar-refractivity contribution in [1.82, 2.24) is 14.9 Å². The molecule has 0 aromatic carbocycles. The van der Waals surface area contributed by atoms with Gasteiger partial charge in [0.1, 0.15) is 17.5 Å². The molecule has 1 aromatic rings. The Morgan fingerprint density at radius 2 is 1.81 bits per heavy atom. The minimum absolute atomic E-state index is 0.526. The van der Waals surface area contributed by atoms with Crippen molar-refractivity contribution in [2.24, 2.45) is 0 Å². The van der Waals surface area contributed by atoms with Gasteiger partial charge < -0.3 is 15.5 Å². The average molecular weight is 291 g/mol. The van der Waals surface area contributed by atoms with Crippen LogP contribution in [0.4, 0.5) is 11.6 Å². The number of aromatic nitrogens is 2. The lowest BCUT2D eigenvalue weighted by molar-refractivity contribution is 0.263. The van der Waals surface area contributed by atoms with Gasteiger partial charge in [0, 0.05) is 24.6 Å². The first-order valence-electron chi connectivity index (χ1n) is 8.20. The quantitative estimate of drug-likeness (QED) is 0.844. The molecule has 2 heterocycles. The molecule has 0 atom stereocenters. The highest BCUT2D eigenvalue weighted by Gasteiger charge is 2.19. The molecule has 5 heteroatoms. The minimum Gasteiger partial charge on any atom is -0.370 e. The normalized spacial score (nSPS) is 17.0. The van der Waals surface area contributed by atoms with Gasteiger partial charge in [-0.25, -0.2) is 9.97 Å². The number of aryl methyl sites for hydroxylation is 1. The number of nitrogens with one attached hydrogen (secondary N) is 2. The largest absolute Gasteiger partial charge is 0.370 e. The molecule has 5 nitrogen and oxygen atoms in total. The second-order valence-electron chi connectivity index (χ2n) is 5.96. The molecule has 1 aliphatic rings. The zero-order chi connectivity index (χ0) is 15.2. The summed E-state index contributed by atoms with van der Waals surface area (Å²) in [6.07, 6.45) is 4.32. The van der Waals surface area contributed by atoms with Crippen LogP contribution < -0.4 is 10.6 Å². The number of hydrogen-bond acceptors (Lipinski definition) is 5. The SMILES string of the molecule is CCCNc1nc(CC)nc(NC2CCN(C)CC2)c1C. The second kappa shape index (κ2) is 7.59. The Balaban J connectivity index is 2.13. The highest BCUT2D eigenvalue weighted by molar-refractivity contribution is 5.57. The molecule has 0 radical (unpaired) electrons. The summed E-state index contributed by atoms with van der Waals surface area (Å²) in [6, 6.07) is 0.526. The van der Waals surface area contributed by atoms with Gasteiger partial charge in [-0.1, -0.05) is 13.8 Å². The van der Waals surface area contributed by atoms with Crippen molar-refractivity contribution in [2.75, 3.05) is 37.3 Å². The van der Waals surface area contributed by atoms with E-state index in [4.69, 9.17) is 4.98 Å². The third-order valence-corrected chi connectivity index (χ3v) is 4.11. The predicted molar refractivity (Wildman–Crippen MR) is 89.1 cm³/mol. The molecule has 0 spiro atoms. The van der Waals surface area contributed by atoms with E-state index < -0.39 is 0 Å². The molecule has 0 unspecified atom stereocenters. The van der Waals surface area contributed by atoms with Gasteiger partial charge in [0.15, 0.2) is 0 Å². The van der Waals surface area contributed by atoms with E-state index in [0.717, 1.165) is 55.5 Å². The first-order chi connectivity index (χ1) is 10.1. The van der Waals surface area contributed by atoms with Crippen LogP contribution in [0.25, 0.3) is 0 Å². The third-order valence-electron chi connectivity index (χ3n) is 4.11. The summed E-state index contributed by atoms with van der Waals surface area (Å²) in [5, 5.41) is 7.07. The van der Waals surface area contributed by atoms with Crippen molar-refractivity contribution in [1.29, 1.82) is 0 Å². The number of rotatable bonds is 6. The Hall–Kier alpha value is -1.36. The Morgan fingerprint density at radius 1 is 1.14 bits per heavy atom. The van der Waals surface area contributed by atoms with Crippen LogP contribution in [0, 0.1) is 6.92 Å². The molecule has 0 saturated carbocycles. The predicted octanol–water partition coefficient (Wildman–Crippen LogP) is 2.68. The van der Waals surface area contributed by atoms with Crippen LogP contribution in [-0.4, -0.2) is 47.6 Å². The summed E-state index contributed by atoms with van der Waals surface area (Å²) >= 11 is 0. The molecule has 1 saturated heterocycles. The van der Waals surface area contributed by atoms with Crippen molar-refractivity contribution in [2.45, 2.75) is 52.5 Å². The van der Waals surface area contributed by atoms with Crippen LogP contribution in [-0.2, 0) is 6.42 Å². The molecule has 2 rings (SSSR count). The monoisotopic (exact) mass is 291 g/mol. The Bertz CT molecular complexity index is 452. The lowest BCUT2D eigenvalue weighted by Gasteiger charge is -2.30. The van der Waals surface area contributed by atoms with E-state index in [1.807, 2.05) is 0 Å². The molecule has 1 fully saturated rings. The first-order valence-corrected chi connectivity index (χ1v) is 8.20. The van der Waals surface area contributed by atoms with Gasteiger partial charge in [0.2, 0.25) is 0 Å². The molecule has 1 aromatic heterocycles. The van der Waals surface area contributed by atoms with Crippen molar-refractivity contribution >= 4 is 11.6 Å². The van der Waals surface area contributed by atoms with Crippen LogP contribution in [0.1, 0.15) is 44.5 Å². The van der Waals surface area contributed by atoms with Crippen LogP contribution in [0.3, 0.4) is 0 Å². The fourth-order valence-corrected chi connectivity index (χ4v) is 2.62. The second-order valence-corrected chi connectivity index (χ2v) is 5.96. The average Bonchev–Trinajstić information content (AvgIpc) is 2.50. The zero-order valence-corrected chi connectivity index (χ0v) is 13.9. The van der Waals surface area contributed by atoms with Gasteiger partial charge in [-0.3, -0.25) is 0 Å². The van der Waals surface area contributed by atoms with Crippen molar-refractivity contribution in [3.8, 4) is 0 Å². The van der Waals surface area contributed by atoms with Gasteiger partial charge >= 0.3 is 0 Å². The van der Waals surface area contributed by atoms with E-state index in [2.05, 4.69) is 48.3 Å². The summed E-state index contributed by atoms with van der Waals surface area (Å²) in [6.45, 7) is 9.64. The molecular formula is C16H29N5. The summed E-state index contributed by atoms with van der Waals surface area (Å²) in [7, 11) is 2.19. The molecule has 21 heavy (non-hydrogen) atoms. The van der Waals surface area contributed by atoms with Gasteiger partial charge in [-0.2, -0.15) is 0 Å². The fraction of sp³-hybridized carbons (Fsp3) is 0.750. The minimum atomic E-state index is 0.526. The summed E-state index contributed by atoms with van der Waals surface area (Å²) in [5.74, 6) is 2.91. The molecule has 0 aliphatic carbocycles. The molecule has 2 N–H and O–H groups in total. The number of piperidine rings is 1.